The predicted molar refractivity (Wildman–Crippen MR) is 99.9 cm³/mol. The van der Waals surface area contributed by atoms with Crippen LogP contribution < -0.4 is 5.56 Å². The maximum absolute atomic E-state index is 12.1. The summed E-state index contributed by atoms with van der Waals surface area (Å²) in [5.41, 5.74) is -0.154. The molecule has 0 aliphatic rings. The lowest BCUT2D eigenvalue weighted by atomic mass is 10.1. The summed E-state index contributed by atoms with van der Waals surface area (Å²) < 4.78 is 1.46. The summed E-state index contributed by atoms with van der Waals surface area (Å²) in [4.78, 5) is 12.1. The van der Waals surface area contributed by atoms with E-state index in [0.717, 1.165) is 50.3 Å². The van der Waals surface area contributed by atoms with E-state index in [1.54, 1.807) is 6.07 Å². The van der Waals surface area contributed by atoms with Crippen molar-refractivity contribution >= 4 is 10.8 Å². The molecule has 0 amide bonds. The van der Waals surface area contributed by atoms with Gasteiger partial charge < -0.3 is 15.3 Å². The highest BCUT2D eigenvalue weighted by molar-refractivity contribution is 5.86. The van der Waals surface area contributed by atoms with Gasteiger partial charge in [0.15, 0.2) is 0 Å². The highest BCUT2D eigenvalue weighted by Gasteiger charge is 2.08. The molecular weight excluding hydrogens is 318 g/mol. The lowest BCUT2D eigenvalue weighted by Crippen LogP contribution is -2.19. The molecule has 1 heterocycles. The van der Waals surface area contributed by atoms with E-state index in [0.29, 0.717) is 18.4 Å². The average Bonchev–Trinajstić information content (AvgIpc) is 2.62. The van der Waals surface area contributed by atoms with Gasteiger partial charge >= 0.3 is 0 Å². The molecule has 0 radical (unpaired) electrons. The molecule has 0 aliphatic heterocycles. The van der Waals surface area contributed by atoms with Crippen molar-refractivity contribution in [3.8, 4) is 5.88 Å². The normalized spacial score (nSPS) is 12.6. The zero-order valence-corrected chi connectivity index (χ0v) is 14.7. The summed E-state index contributed by atoms with van der Waals surface area (Å²) in [6.45, 7) is 0.388. The fourth-order valence-electron chi connectivity index (χ4n) is 3.13. The molecule has 138 valence electrons. The third kappa shape index (κ3) is 5.87. The maximum atomic E-state index is 12.1. The van der Waals surface area contributed by atoms with Gasteiger partial charge in [-0.3, -0.25) is 9.36 Å². The molecule has 0 saturated heterocycles. The summed E-state index contributed by atoms with van der Waals surface area (Å²) in [6, 6.07) is 8.96. The topological polar surface area (TPSA) is 82.7 Å². The SMILES string of the molecule is O=c1cc2ccccc2c(O)n1CCCCCCCCCC(O)CO. The lowest BCUT2D eigenvalue weighted by molar-refractivity contribution is 0.0860. The molecule has 0 saturated carbocycles. The maximum Gasteiger partial charge on any atom is 0.253 e. The van der Waals surface area contributed by atoms with Gasteiger partial charge in [-0.2, -0.15) is 0 Å². The van der Waals surface area contributed by atoms with Crippen LogP contribution in [0.5, 0.6) is 5.88 Å². The zero-order valence-electron chi connectivity index (χ0n) is 14.7. The van der Waals surface area contributed by atoms with E-state index < -0.39 is 6.10 Å². The first-order chi connectivity index (χ1) is 12.1. The van der Waals surface area contributed by atoms with E-state index in [9.17, 15) is 15.0 Å². The standard InChI is InChI=1S/C20H29NO4/c22-15-17(23)11-6-4-2-1-3-5-9-13-21-19(24)14-16-10-7-8-12-18(16)20(21)25/h7-8,10,12,14,17,22-23,25H,1-6,9,11,13,15H2. The van der Waals surface area contributed by atoms with E-state index in [-0.39, 0.29) is 18.0 Å². The van der Waals surface area contributed by atoms with Crippen LogP contribution in [0, 0.1) is 0 Å². The molecule has 1 unspecified atom stereocenters. The van der Waals surface area contributed by atoms with Crippen molar-refractivity contribution in [2.45, 2.75) is 64.0 Å². The number of benzene rings is 1. The molecule has 2 aromatic rings. The zero-order chi connectivity index (χ0) is 18.1. The molecule has 0 spiro atoms. The van der Waals surface area contributed by atoms with Crippen LogP contribution in [0.4, 0.5) is 0 Å². The number of aromatic hydroxyl groups is 1. The second-order valence-electron chi connectivity index (χ2n) is 6.65. The quantitative estimate of drug-likeness (QED) is 0.545. The Hall–Kier alpha value is -1.85. The smallest absolute Gasteiger partial charge is 0.253 e. The van der Waals surface area contributed by atoms with Crippen LogP contribution in [0.3, 0.4) is 0 Å². The van der Waals surface area contributed by atoms with E-state index in [2.05, 4.69) is 0 Å². The van der Waals surface area contributed by atoms with Gasteiger partial charge in [-0.15, -0.1) is 0 Å². The number of fused-ring (bicyclic) bond motifs is 1. The van der Waals surface area contributed by atoms with E-state index >= 15 is 0 Å². The highest BCUT2D eigenvalue weighted by Crippen LogP contribution is 2.22. The van der Waals surface area contributed by atoms with Crippen molar-refractivity contribution in [1.82, 2.24) is 4.57 Å². The van der Waals surface area contributed by atoms with Crippen LogP contribution in [-0.4, -0.2) is 32.6 Å². The van der Waals surface area contributed by atoms with E-state index in [4.69, 9.17) is 5.11 Å². The fraction of sp³-hybridized carbons (Fsp3) is 0.550. The molecule has 25 heavy (non-hydrogen) atoms. The van der Waals surface area contributed by atoms with Crippen LogP contribution in [0.25, 0.3) is 10.8 Å². The lowest BCUT2D eigenvalue weighted by Gasteiger charge is -2.11. The van der Waals surface area contributed by atoms with Crippen LogP contribution in [0.2, 0.25) is 0 Å². The first kappa shape index (κ1) is 19.5. The fourth-order valence-corrected chi connectivity index (χ4v) is 3.13. The minimum atomic E-state index is -0.576. The molecule has 0 bridgehead atoms. The van der Waals surface area contributed by atoms with Gasteiger partial charge in [0.25, 0.3) is 5.56 Å². The van der Waals surface area contributed by atoms with Crippen LogP contribution >= 0.6 is 0 Å². The van der Waals surface area contributed by atoms with Crippen molar-refractivity contribution in [2.24, 2.45) is 0 Å². The van der Waals surface area contributed by atoms with Crippen molar-refractivity contribution in [2.75, 3.05) is 6.61 Å². The van der Waals surface area contributed by atoms with Gasteiger partial charge in [-0.05, 0) is 24.3 Å². The Morgan fingerprint density at radius 2 is 1.60 bits per heavy atom. The van der Waals surface area contributed by atoms with Crippen LogP contribution in [0.15, 0.2) is 35.1 Å². The van der Waals surface area contributed by atoms with Crippen molar-refractivity contribution < 1.29 is 15.3 Å². The molecule has 3 N–H and O–H groups in total. The molecule has 1 aromatic carbocycles. The van der Waals surface area contributed by atoms with Crippen molar-refractivity contribution in [1.29, 1.82) is 0 Å². The first-order valence-electron chi connectivity index (χ1n) is 9.24. The van der Waals surface area contributed by atoms with Crippen LogP contribution in [-0.2, 0) is 6.54 Å². The summed E-state index contributed by atoms with van der Waals surface area (Å²) in [7, 11) is 0. The minimum Gasteiger partial charge on any atom is -0.494 e. The second kappa shape index (κ2) is 10.2. The van der Waals surface area contributed by atoms with E-state index in [1.165, 1.54) is 4.57 Å². The number of aliphatic hydroxyl groups excluding tert-OH is 2. The number of aromatic nitrogens is 1. The molecule has 5 nitrogen and oxygen atoms in total. The predicted octanol–water partition coefficient (Wildman–Crippen LogP) is 3.18. The molecule has 1 atom stereocenters. The van der Waals surface area contributed by atoms with Gasteiger partial charge in [0, 0.05) is 18.0 Å². The number of rotatable bonds is 11. The Bertz CT molecular complexity index is 710. The van der Waals surface area contributed by atoms with E-state index in [1.807, 2.05) is 24.3 Å². The number of nitrogens with zero attached hydrogens (tertiary/aromatic N) is 1. The van der Waals surface area contributed by atoms with Gasteiger partial charge in [0.1, 0.15) is 0 Å². The molecule has 2 rings (SSSR count). The largest absolute Gasteiger partial charge is 0.494 e. The summed E-state index contributed by atoms with van der Waals surface area (Å²) >= 11 is 0. The Morgan fingerprint density at radius 1 is 0.960 bits per heavy atom. The van der Waals surface area contributed by atoms with Crippen LogP contribution in [0.1, 0.15) is 51.4 Å². The second-order valence-corrected chi connectivity index (χ2v) is 6.65. The van der Waals surface area contributed by atoms with Gasteiger partial charge in [0.2, 0.25) is 5.88 Å². The monoisotopic (exact) mass is 347 g/mol. The van der Waals surface area contributed by atoms with Crippen molar-refractivity contribution in [3.05, 3.63) is 40.7 Å². The molecule has 1 aromatic heterocycles. The molecule has 0 fully saturated rings. The average molecular weight is 347 g/mol. The van der Waals surface area contributed by atoms with Gasteiger partial charge in [-0.25, -0.2) is 0 Å². The number of hydrogen-bond donors (Lipinski definition) is 3. The Kier molecular flexibility index (Phi) is 7.95. The Labute approximate surface area is 148 Å². The Balaban J connectivity index is 1.69. The molecule has 5 heteroatoms. The number of hydrogen-bond acceptors (Lipinski definition) is 4. The number of pyridine rings is 1. The van der Waals surface area contributed by atoms with Gasteiger partial charge in [-0.1, -0.05) is 56.7 Å². The first-order valence-corrected chi connectivity index (χ1v) is 9.24. The van der Waals surface area contributed by atoms with Crippen molar-refractivity contribution in [3.63, 3.8) is 0 Å². The molecular formula is C20H29NO4. The summed E-state index contributed by atoms with van der Waals surface area (Å²) in [5, 5.41) is 29.8. The third-order valence-electron chi connectivity index (χ3n) is 4.63. The number of aliphatic hydroxyl groups is 2. The third-order valence-corrected chi connectivity index (χ3v) is 4.63. The van der Waals surface area contributed by atoms with Gasteiger partial charge in [0.05, 0.1) is 12.7 Å². The highest BCUT2D eigenvalue weighted by atomic mass is 16.3. The summed E-state index contributed by atoms with van der Waals surface area (Å²) in [5.74, 6) is 0.0607. The Morgan fingerprint density at radius 3 is 2.32 bits per heavy atom. The summed E-state index contributed by atoms with van der Waals surface area (Å²) in [6.07, 6.45) is 7.37. The molecule has 0 aliphatic carbocycles. The minimum absolute atomic E-state index is 0.0607. The number of unbranched alkanes of at least 4 members (excludes halogenated alkanes) is 6.